The maximum Gasteiger partial charge on any atom is 0.293 e. The van der Waals surface area contributed by atoms with Crippen LogP contribution in [0.3, 0.4) is 0 Å². The molecule has 0 saturated carbocycles. The lowest BCUT2D eigenvalue weighted by atomic mass is 10.2. The number of rotatable bonds is 6. The van der Waals surface area contributed by atoms with Gasteiger partial charge in [-0.2, -0.15) is 0 Å². The summed E-state index contributed by atoms with van der Waals surface area (Å²) in [4.78, 5) is 36.9. The molecule has 3 amide bonds. The first kappa shape index (κ1) is 21.2. The number of halogens is 3. The van der Waals surface area contributed by atoms with E-state index in [0.717, 1.165) is 22.7 Å². The van der Waals surface area contributed by atoms with Crippen molar-refractivity contribution in [2.24, 2.45) is 5.73 Å². The molecule has 0 atom stereocenters. The van der Waals surface area contributed by atoms with E-state index in [1.54, 1.807) is 6.07 Å². The third-order valence-corrected chi connectivity index (χ3v) is 5.40. The van der Waals surface area contributed by atoms with Gasteiger partial charge in [0.1, 0.15) is 11.6 Å². The first-order chi connectivity index (χ1) is 13.7. The lowest BCUT2D eigenvalue weighted by Gasteiger charge is -2.13. The van der Waals surface area contributed by atoms with Crippen LogP contribution in [0.25, 0.3) is 6.08 Å². The normalized spacial score (nSPS) is 15.3. The number of thioether (sulfide) groups is 1. The van der Waals surface area contributed by atoms with Gasteiger partial charge in [-0.3, -0.25) is 19.3 Å². The van der Waals surface area contributed by atoms with Gasteiger partial charge in [-0.15, -0.1) is 0 Å². The molecule has 150 valence electrons. The predicted octanol–water partition coefficient (Wildman–Crippen LogP) is 4.23. The zero-order valence-corrected chi connectivity index (χ0v) is 17.0. The van der Waals surface area contributed by atoms with E-state index in [4.69, 9.17) is 33.7 Å². The summed E-state index contributed by atoms with van der Waals surface area (Å²) >= 11 is 12.9. The van der Waals surface area contributed by atoms with Gasteiger partial charge in [-0.25, -0.2) is 4.39 Å². The Morgan fingerprint density at radius 1 is 1.17 bits per heavy atom. The molecule has 1 heterocycles. The van der Waals surface area contributed by atoms with Gasteiger partial charge in [0, 0.05) is 5.02 Å². The summed E-state index contributed by atoms with van der Waals surface area (Å²) in [6, 6.07) is 8.43. The number of hydrogen-bond acceptors (Lipinski definition) is 5. The molecule has 6 nitrogen and oxygen atoms in total. The van der Waals surface area contributed by atoms with Crippen molar-refractivity contribution in [2.75, 3.05) is 6.61 Å². The van der Waals surface area contributed by atoms with Crippen LogP contribution in [-0.2, 0) is 16.1 Å². The van der Waals surface area contributed by atoms with Crippen LogP contribution in [0.4, 0.5) is 9.18 Å². The fourth-order valence-corrected chi connectivity index (χ4v) is 3.79. The van der Waals surface area contributed by atoms with E-state index < -0.39 is 22.9 Å². The Morgan fingerprint density at radius 2 is 1.93 bits per heavy atom. The standard InChI is InChI=1S/C19H13Cl2FN2O4S/c20-13-7-12(22)3-2-11(13)8-24-18(26)16(29-19(24)27)6-10-1-4-15(14(21)5-10)28-9-17(23)25/h1-7H,8-9H2,(H2,23,25)/b16-6-. The van der Waals surface area contributed by atoms with Crippen LogP contribution in [0.5, 0.6) is 5.75 Å². The zero-order chi connectivity index (χ0) is 21.1. The molecular weight excluding hydrogens is 442 g/mol. The molecule has 1 aliphatic rings. The van der Waals surface area contributed by atoms with Crippen LogP contribution in [0.15, 0.2) is 41.3 Å². The molecule has 1 aliphatic heterocycles. The van der Waals surface area contributed by atoms with E-state index in [2.05, 4.69) is 0 Å². The van der Waals surface area contributed by atoms with Crippen LogP contribution in [-0.4, -0.2) is 28.6 Å². The summed E-state index contributed by atoms with van der Waals surface area (Å²) in [5.41, 5.74) is 6.04. The second-order valence-corrected chi connectivity index (χ2v) is 7.76. The Labute approximate surface area is 179 Å². The second kappa shape index (κ2) is 8.86. The minimum Gasteiger partial charge on any atom is -0.482 e. The van der Waals surface area contributed by atoms with Crippen molar-refractivity contribution in [3.63, 3.8) is 0 Å². The highest BCUT2D eigenvalue weighted by Gasteiger charge is 2.35. The number of nitrogens with zero attached hydrogens (tertiary/aromatic N) is 1. The van der Waals surface area contributed by atoms with Gasteiger partial charge in [0.25, 0.3) is 17.1 Å². The summed E-state index contributed by atoms with van der Waals surface area (Å²) < 4.78 is 18.3. The van der Waals surface area contributed by atoms with Gasteiger partial charge in [0.15, 0.2) is 6.61 Å². The van der Waals surface area contributed by atoms with E-state index in [1.165, 1.54) is 30.3 Å². The van der Waals surface area contributed by atoms with Crippen molar-refractivity contribution in [1.29, 1.82) is 0 Å². The van der Waals surface area contributed by atoms with Gasteiger partial charge in [0.05, 0.1) is 16.5 Å². The number of ether oxygens (including phenoxy) is 1. The summed E-state index contributed by atoms with van der Waals surface area (Å²) in [5, 5.41) is -0.113. The van der Waals surface area contributed by atoms with Crippen molar-refractivity contribution < 1.29 is 23.5 Å². The monoisotopic (exact) mass is 454 g/mol. The first-order valence-corrected chi connectivity index (χ1v) is 9.72. The Hall–Kier alpha value is -2.55. The average Bonchev–Trinajstić information content (AvgIpc) is 2.90. The molecule has 2 aromatic rings. The van der Waals surface area contributed by atoms with Gasteiger partial charge in [-0.05, 0) is 53.2 Å². The van der Waals surface area contributed by atoms with E-state index in [-0.39, 0.29) is 33.9 Å². The maximum atomic E-state index is 13.2. The van der Waals surface area contributed by atoms with E-state index in [9.17, 15) is 18.8 Å². The smallest absolute Gasteiger partial charge is 0.293 e. The Kier molecular flexibility index (Phi) is 6.46. The van der Waals surface area contributed by atoms with Crippen molar-refractivity contribution in [2.45, 2.75) is 6.54 Å². The summed E-state index contributed by atoms with van der Waals surface area (Å²) in [6.07, 6.45) is 1.51. The molecular formula is C19H13Cl2FN2O4S. The van der Waals surface area contributed by atoms with Crippen LogP contribution in [0.2, 0.25) is 10.0 Å². The van der Waals surface area contributed by atoms with Gasteiger partial charge < -0.3 is 10.5 Å². The summed E-state index contributed by atoms with van der Waals surface area (Å²) in [7, 11) is 0. The van der Waals surface area contributed by atoms with Crippen LogP contribution >= 0.6 is 35.0 Å². The molecule has 1 fully saturated rings. The first-order valence-electron chi connectivity index (χ1n) is 8.14. The number of benzene rings is 2. The molecule has 0 aromatic heterocycles. The van der Waals surface area contributed by atoms with Crippen molar-refractivity contribution in [1.82, 2.24) is 4.90 Å². The zero-order valence-electron chi connectivity index (χ0n) is 14.7. The number of amides is 3. The van der Waals surface area contributed by atoms with Crippen molar-refractivity contribution in [3.8, 4) is 5.75 Å². The molecule has 2 aromatic carbocycles. The fraction of sp³-hybridized carbons (Fsp3) is 0.105. The highest BCUT2D eigenvalue weighted by atomic mass is 35.5. The quantitative estimate of drug-likeness (QED) is 0.659. The van der Waals surface area contributed by atoms with E-state index in [1.807, 2.05) is 0 Å². The molecule has 10 heteroatoms. The van der Waals surface area contributed by atoms with E-state index in [0.29, 0.717) is 11.1 Å². The fourth-order valence-electron chi connectivity index (χ4n) is 2.48. The topological polar surface area (TPSA) is 89.7 Å². The summed E-state index contributed by atoms with van der Waals surface area (Å²) in [5.74, 6) is -1.37. The van der Waals surface area contributed by atoms with Crippen LogP contribution < -0.4 is 10.5 Å². The average molecular weight is 455 g/mol. The van der Waals surface area contributed by atoms with E-state index >= 15 is 0 Å². The predicted molar refractivity (Wildman–Crippen MR) is 109 cm³/mol. The minimum atomic E-state index is -0.639. The molecule has 3 rings (SSSR count). The third-order valence-electron chi connectivity index (χ3n) is 3.84. The Balaban J connectivity index is 1.77. The molecule has 0 spiro atoms. The number of imide groups is 1. The largest absolute Gasteiger partial charge is 0.482 e. The van der Waals surface area contributed by atoms with Crippen molar-refractivity contribution >= 4 is 58.1 Å². The highest BCUT2D eigenvalue weighted by molar-refractivity contribution is 8.18. The van der Waals surface area contributed by atoms with Gasteiger partial charge in [0.2, 0.25) is 0 Å². The van der Waals surface area contributed by atoms with Gasteiger partial charge in [-0.1, -0.05) is 35.3 Å². The highest BCUT2D eigenvalue weighted by Crippen LogP contribution is 2.35. The molecule has 1 saturated heterocycles. The SMILES string of the molecule is NC(=O)COc1ccc(/C=C2\SC(=O)N(Cc3ccc(F)cc3Cl)C2=O)cc1Cl. The molecule has 0 radical (unpaired) electrons. The third kappa shape index (κ3) is 5.09. The number of nitrogens with two attached hydrogens (primary N) is 1. The van der Waals surface area contributed by atoms with Crippen molar-refractivity contribution in [3.05, 3.63) is 68.3 Å². The lowest BCUT2D eigenvalue weighted by molar-refractivity contribution is -0.123. The Morgan fingerprint density at radius 3 is 2.59 bits per heavy atom. The van der Waals surface area contributed by atoms with Crippen LogP contribution in [0, 0.1) is 5.82 Å². The van der Waals surface area contributed by atoms with Gasteiger partial charge >= 0.3 is 0 Å². The molecule has 0 aliphatic carbocycles. The maximum absolute atomic E-state index is 13.2. The van der Waals surface area contributed by atoms with Crippen LogP contribution in [0.1, 0.15) is 11.1 Å². The number of primary amides is 1. The Bertz CT molecular complexity index is 1040. The number of hydrogen-bond donors (Lipinski definition) is 1. The molecule has 29 heavy (non-hydrogen) atoms. The minimum absolute atomic E-state index is 0.0677. The number of carbonyl (C=O) groups excluding carboxylic acids is 3. The second-order valence-electron chi connectivity index (χ2n) is 5.95. The lowest BCUT2D eigenvalue weighted by Crippen LogP contribution is -2.27. The molecule has 0 bridgehead atoms. The molecule has 2 N–H and O–H groups in total. The number of carbonyl (C=O) groups is 3. The molecule has 0 unspecified atom stereocenters. The summed E-state index contributed by atoms with van der Waals surface area (Å²) in [6.45, 7) is -0.383.